The summed E-state index contributed by atoms with van der Waals surface area (Å²) < 4.78 is 31.4. The average molecular weight is 256 g/mol. The maximum Gasteiger partial charge on any atom is 0.162 e. The molecule has 5 heteroatoms. The van der Waals surface area contributed by atoms with Gasteiger partial charge >= 0.3 is 0 Å². The molecule has 1 aliphatic rings. The van der Waals surface area contributed by atoms with E-state index in [1.165, 1.54) is 13.2 Å². The zero-order chi connectivity index (χ0) is 13.0. The van der Waals surface area contributed by atoms with Gasteiger partial charge in [0.05, 0.1) is 7.11 Å². The van der Waals surface area contributed by atoms with Crippen molar-refractivity contribution in [3.63, 3.8) is 0 Å². The molecule has 0 amide bonds. The first-order chi connectivity index (χ1) is 8.70. The van der Waals surface area contributed by atoms with Gasteiger partial charge in [-0.1, -0.05) is 0 Å². The van der Waals surface area contributed by atoms with Crippen LogP contribution in [0.5, 0.6) is 5.75 Å². The Labute approximate surface area is 106 Å². The highest BCUT2D eigenvalue weighted by atomic mass is 19.2. The van der Waals surface area contributed by atoms with Crippen LogP contribution in [-0.4, -0.2) is 44.7 Å². The Balaban J connectivity index is 2.01. The van der Waals surface area contributed by atoms with Crippen molar-refractivity contribution in [1.82, 2.24) is 10.2 Å². The van der Waals surface area contributed by atoms with Crippen LogP contribution in [0, 0.1) is 11.6 Å². The van der Waals surface area contributed by atoms with Crippen molar-refractivity contribution in [2.45, 2.75) is 6.42 Å². The standard InChI is InChI=1S/C13H18F2N2O/c1-18-13-9-12(15)11(14)8-10(13)2-5-17-6-3-16-4-7-17/h8-9,16H,2-7H2,1H3. The van der Waals surface area contributed by atoms with Crippen molar-refractivity contribution in [3.05, 3.63) is 29.3 Å². The summed E-state index contributed by atoms with van der Waals surface area (Å²) in [6, 6.07) is 2.35. The molecule has 18 heavy (non-hydrogen) atoms. The van der Waals surface area contributed by atoms with E-state index < -0.39 is 11.6 Å². The SMILES string of the molecule is COc1cc(F)c(F)cc1CCN1CCNCC1. The molecule has 1 saturated heterocycles. The zero-order valence-corrected chi connectivity index (χ0v) is 10.5. The lowest BCUT2D eigenvalue weighted by Gasteiger charge is -2.27. The van der Waals surface area contributed by atoms with Gasteiger partial charge in [0.1, 0.15) is 5.75 Å². The van der Waals surface area contributed by atoms with Crippen LogP contribution >= 0.6 is 0 Å². The van der Waals surface area contributed by atoms with Crippen molar-refractivity contribution < 1.29 is 13.5 Å². The number of piperazine rings is 1. The second-order valence-electron chi connectivity index (χ2n) is 4.42. The zero-order valence-electron chi connectivity index (χ0n) is 10.5. The molecular formula is C13H18F2N2O. The first kappa shape index (κ1) is 13.2. The van der Waals surface area contributed by atoms with Crippen LogP contribution in [0.2, 0.25) is 0 Å². The number of nitrogens with one attached hydrogen (secondary N) is 1. The lowest BCUT2D eigenvalue weighted by molar-refractivity contribution is 0.243. The molecule has 1 heterocycles. The van der Waals surface area contributed by atoms with E-state index >= 15 is 0 Å². The topological polar surface area (TPSA) is 24.5 Å². The largest absolute Gasteiger partial charge is 0.496 e. The third-order valence-electron chi connectivity index (χ3n) is 3.23. The summed E-state index contributed by atoms with van der Waals surface area (Å²) in [5.41, 5.74) is 0.718. The normalized spacial score (nSPS) is 16.8. The Morgan fingerprint density at radius 3 is 2.56 bits per heavy atom. The van der Waals surface area contributed by atoms with Gasteiger partial charge in [-0.15, -0.1) is 0 Å². The molecular weight excluding hydrogens is 238 g/mol. The minimum absolute atomic E-state index is 0.420. The quantitative estimate of drug-likeness (QED) is 0.882. The van der Waals surface area contributed by atoms with Crippen LogP contribution < -0.4 is 10.1 Å². The van der Waals surface area contributed by atoms with Crippen molar-refractivity contribution in [1.29, 1.82) is 0 Å². The third-order valence-corrected chi connectivity index (χ3v) is 3.23. The Hall–Kier alpha value is -1.20. The summed E-state index contributed by atoms with van der Waals surface area (Å²) in [4.78, 5) is 2.30. The van der Waals surface area contributed by atoms with Crippen LogP contribution in [0.25, 0.3) is 0 Å². The summed E-state index contributed by atoms with van der Waals surface area (Å²) in [7, 11) is 1.47. The molecule has 0 spiro atoms. The summed E-state index contributed by atoms with van der Waals surface area (Å²) in [6.07, 6.45) is 0.667. The van der Waals surface area contributed by atoms with Crippen molar-refractivity contribution in [2.24, 2.45) is 0 Å². The highest BCUT2D eigenvalue weighted by molar-refractivity contribution is 5.35. The fourth-order valence-electron chi connectivity index (χ4n) is 2.17. The molecule has 100 valence electrons. The van der Waals surface area contributed by atoms with Crippen LogP contribution in [0.3, 0.4) is 0 Å². The van der Waals surface area contributed by atoms with Gasteiger partial charge < -0.3 is 15.0 Å². The molecule has 0 aromatic heterocycles. The first-order valence-corrected chi connectivity index (χ1v) is 6.15. The van der Waals surface area contributed by atoms with Crippen molar-refractivity contribution in [2.75, 3.05) is 39.8 Å². The fourth-order valence-corrected chi connectivity index (χ4v) is 2.17. The van der Waals surface area contributed by atoms with Crippen LogP contribution in [0.1, 0.15) is 5.56 Å². The van der Waals surface area contributed by atoms with E-state index in [0.717, 1.165) is 44.4 Å². The molecule has 1 aliphatic heterocycles. The first-order valence-electron chi connectivity index (χ1n) is 6.15. The predicted molar refractivity (Wildman–Crippen MR) is 65.9 cm³/mol. The highest BCUT2D eigenvalue weighted by Gasteiger charge is 2.13. The number of hydrogen-bond donors (Lipinski definition) is 1. The van der Waals surface area contributed by atoms with Gasteiger partial charge in [-0.05, 0) is 18.1 Å². The average Bonchev–Trinajstić information content (AvgIpc) is 2.41. The third kappa shape index (κ3) is 3.17. The van der Waals surface area contributed by atoms with Gasteiger partial charge in [-0.25, -0.2) is 8.78 Å². The molecule has 0 saturated carbocycles. The predicted octanol–water partition coefficient (Wildman–Crippen LogP) is 1.42. The molecule has 3 nitrogen and oxygen atoms in total. The molecule has 2 rings (SSSR count). The van der Waals surface area contributed by atoms with Crippen LogP contribution in [-0.2, 0) is 6.42 Å². The Kier molecular flexibility index (Phi) is 4.49. The molecule has 1 fully saturated rings. The number of rotatable bonds is 4. The van der Waals surface area contributed by atoms with E-state index in [1.54, 1.807) is 0 Å². The lowest BCUT2D eigenvalue weighted by atomic mass is 10.1. The summed E-state index contributed by atoms with van der Waals surface area (Å²) in [5, 5.41) is 3.28. The number of methoxy groups -OCH3 is 1. The summed E-state index contributed by atoms with van der Waals surface area (Å²) >= 11 is 0. The Morgan fingerprint density at radius 1 is 1.22 bits per heavy atom. The van der Waals surface area contributed by atoms with E-state index in [9.17, 15) is 8.78 Å². The maximum atomic E-state index is 13.2. The number of benzene rings is 1. The van der Waals surface area contributed by atoms with E-state index in [2.05, 4.69) is 10.2 Å². The summed E-state index contributed by atoms with van der Waals surface area (Å²) in [5.74, 6) is -1.26. The van der Waals surface area contributed by atoms with Crippen molar-refractivity contribution >= 4 is 0 Å². The number of nitrogens with zero attached hydrogens (tertiary/aromatic N) is 1. The van der Waals surface area contributed by atoms with Crippen LogP contribution in [0.4, 0.5) is 8.78 Å². The highest BCUT2D eigenvalue weighted by Crippen LogP contribution is 2.22. The summed E-state index contributed by atoms with van der Waals surface area (Å²) in [6.45, 7) is 4.78. The van der Waals surface area contributed by atoms with Gasteiger partial charge in [-0.2, -0.15) is 0 Å². The second kappa shape index (κ2) is 6.11. The Morgan fingerprint density at radius 2 is 1.89 bits per heavy atom. The molecule has 1 aromatic carbocycles. The number of halogens is 2. The number of hydrogen-bond acceptors (Lipinski definition) is 3. The van der Waals surface area contributed by atoms with Gasteiger partial charge in [-0.3, -0.25) is 0 Å². The lowest BCUT2D eigenvalue weighted by Crippen LogP contribution is -2.44. The van der Waals surface area contributed by atoms with E-state index in [0.29, 0.717) is 12.2 Å². The molecule has 0 atom stereocenters. The van der Waals surface area contributed by atoms with Gasteiger partial charge in [0.15, 0.2) is 11.6 Å². The minimum atomic E-state index is -0.863. The second-order valence-corrected chi connectivity index (χ2v) is 4.42. The van der Waals surface area contributed by atoms with Gasteiger partial charge in [0.2, 0.25) is 0 Å². The molecule has 1 N–H and O–H groups in total. The van der Waals surface area contributed by atoms with Gasteiger partial charge in [0, 0.05) is 38.8 Å². The molecule has 0 aliphatic carbocycles. The van der Waals surface area contributed by atoms with Crippen molar-refractivity contribution in [3.8, 4) is 5.75 Å². The molecule has 0 bridgehead atoms. The number of ether oxygens (including phenoxy) is 1. The fraction of sp³-hybridized carbons (Fsp3) is 0.538. The molecule has 0 radical (unpaired) electrons. The minimum Gasteiger partial charge on any atom is -0.496 e. The van der Waals surface area contributed by atoms with E-state index in [-0.39, 0.29) is 0 Å². The monoisotopic (exact) mass is 256 g/mol. The van der Waals surface area contributed by atoms with E-state index in [1.807, 2.05) is 0 Å². The molecule has 1 aromatic rings. The Bertz CT molecular complexity index is 406. The van der Waals surface area contributed by atoms with Crippen LogP contribution in [0.15, 0.2) is 12.1 Å². The van der Waals surface area contributed by atoms with Gasteiger partial charge in [0.25, 0.3) is 0 Å². The smallest absolute Gasteiger partial charge is 0.162 e. The molecule has 0 unspecified atom stereocenters. The van der Waals surface area contributed by atoms with E-state index in [4.69, 9.17) is 4.74 Å². The maximum absolute atomic E-state index is 13.2.